The summed E-state index contributed by atoms with van der Waals surface area (Å²) in [7, 11) is 0. The maximum Gasteiger partial charge on any atom is 0.410 e. The van der Waals surface area contributed by atoms with Crippen molar-refractivity contribution in [2.45, 2.75) is 72.3 Å². The smallest absolute Gasteiger partial charge is 0.410 e. The quantitative estimate of drug-likeness (QED) is 0.517. The second-order valence-electron chi connectivity index (χ2n) is 9.86. The summed E-state index contributed by atoms with van der Waals surface area (Å²) < 4.78 is 17.0. The molecule has 0 aliphatic carbocycles. The number of nitrogens with one attached hydrogen (secondary N) is 1. The first-order valence-electron chi connectivity index (χ1n) is 12.0. The highest BCUT2D eigenvalue weighted by atomic mass is 16.6. The van der Waals surface area contributed by atoms with Gasteiger partial charge in [0.25, 0.3) is 0 Å². The van der Waals surface area contributed by atoms with Gasteiger partial charge in [0.05, 0.1) is 12.7 Å². The van der Waals surface area contributed by atoms with Crippen molar-refractivity contribution in [1.82, 2.24) is 4.90 Å². The molecule has 1 unspecified atom stereocenters. The summed E-state index contributed by atoms with van der Waals surface area (Å²) in [5, 5.41) is 13.1. The van der Waals surface area contributed by atoms with Crippen molar-refractivity contribution in [3.63, 3.8) is 0 Å². The number of fused-ring (bicyclic) bond motifs is 1. The van der Waals surface area contributed by atoms with Gasteiger partial charge < -0.3 is 29.5 Å². The molecule has 35 heavy (non-hydrogen) atoms. The molecule has 2 N–H and O–H groups in total. The van der Waals surface area contributed by atoms with Crippen molar-refractivity contribution in [3.8, 4) is 11.5 Å². The lowest BCUT2D eigenvalue weighted by molar-refractivity contribution is -0.138. The molecule has 0 fully saturated rings. The molecule has 1 heterocycles. The van der Waals surface area contributed by atoms with Gasteiger partial charge in [-0.15, -0.1) is 0 Å². The van der Waals surface area contributed by atoms with Crippen LogP contribution in [0.1, 0.15) is 64.3 Å². The van der Waals surface area contributed by atoms with Crippen LogP contribution in [-0.2, 0) is 22.5 Å². The summed E-state index contributed by atoms with van der Waals surface area (Å²) in [6.07, 6.45) is 0.327. The molecule has 1 aliphatic heterocycles. The second kappa shape index (κ2) is 10.9. The standard InChI is InChI=1S/C27H36N2O6/c1-7-33-23-15-19(9-11-22(23)34-17(2)3)24(25(30)31)28-21-10-8-18-12-13-29(16-20(18)14-21)26(32)35-27(4,5)6/h8-11,14-15,17,24,28H,7,12-13,16H2,1-6H3,(H,30,31). The lowest BCUT2D eigenvalue weighted by Gasteiger charge is -2.31. The Morgan fingerprint density at radius 1 is 1.09 bits per heavy atom. The number of hydrogen-bond acceptors (Lipinski definition) is 6. The fourth-order valence-electron chi connectivity index (χ4n) is 3.91. The zero-order valence-corrected chi connectivity index (χ0v) is 21.4. The molecule has 8 nitrogen and oxygen atoms in total. The second-order valence-corrected chi connectivity index (χ2v) is 9.86. The first-order valence-corrected chi connectivity index (χ1v) is 12.0. The van der Waals surface area contributed by atoms with Crippen molar-refractivity contribution in [2.75, 3.05) is 18.5 Å². The first-order chi connectivity index (χ1) is 16.5. The molecule has 0 bridgehead atoms. The van der Waals surface area contributed by atoms with Crippen LogP contribution in [0, 0.1) is 0 Å². The van der Waals surface area contributed by atoms with E-state index in [0.29, 0.717) is 48.9 Å². The molecular formula is C27H36N2O6. The molecule has 190 valence electrons. The zero-order chi connectivity index (χ0) is 25.8. The molecule has 0 saturated carbocycles. The van der Waals surface area contributed by atoms with E-state index in [2.05, 4.69) is 5.32 Å². The maximum atomic E-state index is 12.5. The van der Waals surface area contributed by atoms with Gasteiger partial charge in [0.1, 0.15) is 5.60 Å². The monoisotopic (exact) mass is 484 g/mol. The van der Waals surface area contributed by atoms with E-state index in [1.807, 2.05) is 59.7 Å². The van der Waals surface area contributed by atoms with Gasteiger partial charge in [-0.3, -0.25) is 0 Å². The number of carbonyl (C=O) groups excluding carboxylic acids is 1. The number of aliphatic carboxylic acids is 1. The van der Waals surface area contributed by atoms with E-state index in [1.54, 1.807) is 23.1 Å². The summed E-state index contributed by atoms with van der Waals surface area (Å²) >= 11 is 0. The molecule has 1 aliphatic rings. The van der Waals surface area contributed by atoms with Crippen LogP contribution >= 0.6 is 0 Å². The predicted molar refractivity (Wildman–Crippen MR) is 134 cm³/mol. The minimum atomic E-state index is -1.02. The third kappa shape index (κ3) is 7.04. The zero-order valence-electron chi connectivity index (χ0n) is 21.4. The van der Waals surface area contributed by atoms with Crippen molar-refractivity contribution in [1.29, 1.82) is 0 Å². The van der Waals surface area contributed by atoms with E-state index in [4.69, 9.17) is 14.2 Å². The first kappa shape index (κ1) is 26.2. The van der Waals surface area contributed by atoms with E-state index >= 15 is 0 Å². The number of carboxylic acid groups (broad SMARTS) is 1. The van der Waals surface area contributed by atoms with Crippen LogP contribution in [0.4, 0.5) is 10.5 Å². The third-order valence-corrected chi connectivity index (χ3v) is 5.39. The Hall–Kier alpha value is -3.42. The van der Waals surface area contributed by atoms with E-state index in [-0.39, 0.29) is 12.2 Å². The molecule has 0 saturated heterocycles. The summed E-state index contributed by atoms with van der Waals surface area (Å²) in [5.41, 5.74) is 2.74. The Morgan fingerprint density at radius 3 is 2.46 bits per heavy atom. The van der Waals surface area contributed by atoms with Gasteiger partial charge in [0.2, 0.25) is 0 Å². The Bertz CT molecular complexity index is 1060. The summed E-state index contributed by atoms with van der Waals surface area (Å²) in [6, 6.07) is 9.94. The number of anilines is 1. The normalized spacial score (nSPS) is 14.2. The number of benzene rings is 2. The van der Waals surface area contributed by atoms with Crippen molar-refractivity contribution < 1.29 is 28.9 Å². The van der Waals surface area contributed by atoms with Gasteiger partial charge in [-0.1, -0.05) is 12.1 Å². The van der Waals surface area contributed by atoms with E-state index in [9.17, 15) is 14.7 Å². The summed E-state index contributed by atoms with van der Waals surface area (Å²) in [5.74, 6) is 0.0639. The molecule has 0 spiro atoms. The summed E-state index contributed by atoms with van der Waals surface area (Å²) in [6.45, 7) is 12.7. The Morgan fingerprint density at radius 2 is 1.83 bits per heavy atom. The van der Waals surface area contributed by atoms with Crippen LogP contribution in [0.2, 0.25) is 0 Å². The van der Waals surface area contributed by atoms with Gasteiger partial charge in [0, 0.05) is 18.8 Å². The minimum Gasteiger partial charge on any atom is -0.490 e. The predicted octanol–water partition coefficient (Wildman–Crippen LogP) is 5.40. The van der Waals surface area contributed by atoms with E-state index < -0.39 is 17.6 Å². The molecule has 2 aromatic carbocycles. The van der Waals surface area contributed by atoms with Crippen molar-refractivity contribution in [3.05, 3.63) is 53.1 Å². The van der Waals surface area contributed by atoms with Gasteiger partial charge in [-0.05, 0) is 88.9 Å². The Balaban J connectivity index is 1.82. The number of carbonyl (C=O) groups is 2. The van der Waals surface area contributed by atoms with Crippen LogP contribution in [0.15, 0.2) is 36.4 Å². The molecule has 1 amide bonds. The largest absolute Gasteiger partial charge is 0.490 e. The third-order valence-electron chi connectivity index (χ3n) is 5.39. The molecule has 8 heteroatoms. The number of ether oxygens (including phenoxy) is 3. The topological polar surface area (TPSA) is 97.3 Å². The Labute approximate surface area is 207 Å². The van der Waals surface area contributed by atoms with Gasteiger partial charge in [-0.25, -0.2) is 9.59 Å². The number of hydrogen-bond donors (Lipinski definition) is 2. The number of carboxylic acids is 1. The fourth-order valence-corrected chi connectivity index (χ4v) is 3.91. The van der Waals surface area contributed by atoms with Crippen LogP contribution in [0.5, 0.6) is 11.5 Å². The molecule has 0 radical (unpaired) electrons. The van der Waals surface area contributed by atoms with Gasteiger partial charge >= 0.3 is 12.1 Å². The van der Waals surface area contributed by atoms with Crippen LogP contribution < -0.4 is 14.8 Å². The van der Waals surface area contributed by atoms with Crippen molar-refractivity contribution in [2.24, 2.45) is 0 Å². The highest BCUT2D eigenvalue weighted by molar-refractivity contribution is 5.80. The van der Waals surface area contributed by atoms with E-state index in [1.165, 1.54) is 0 Å². The number of amides is 1. The Kier molecular flexibility index (Phi) is 8.14. The highest BCUT2D eigenvalue weighted by Crippen LogP contribution is 2.33. The lowest BCUT2D eigenvalue weighted by Crippen LogP contribution is -2.39. The van der Waals surface area contributed by atoms with E-state index in [0.717, 1.165) is 11.1 Å². The minimum absolute atomic E-state index is 0.0378. The lowest BCUT2D eigenvalue weighted by atomic mass is 9.98. The molecule has 3 rings (SSSR count). The maximum absolute atomic E-state index is 12.5. The van der Waals surface area contributed by atoms with Crippen LogP contribution in [0.3, 0.4) is 0 Å². The van der Waals surface area contributed by atoms with Crippen LogP contribution in [0.25, 0.3) is 0 Å². The molecule has 1 atom stereocenters. The SMILES string of the molecule is CCOc1cc(C(Nc2ccc3c(c2)CN(C(=O)OC(C)(C)C)CC3)C(=O)O)ccc1OC(C)C. The van der Waals surface area contributed by atoms with Gasteiger partial charge in [0.15, 0.2) is 17.5 Å². The highest BCUT2D eigenvalue weighted by Gasteiger charge is 2.27. The van der Waals surface area contributed by atoms with Gasteiger partial charge in [-0.2, -0.15) is 0 Å². The average Bonchev–Trinajstić information content (AvgIpc) is 2.76. The molecular weight excluding hydrogens is 448 g/mol. The average molecular weight is 485 g/mol. The molecule has 0 aromatic heterocycles. The number of rotatable bonds is 8. The summed E-state index contributed by atoms with van der Waals surface area (Å²) in [4.78, 5) is 26.4. The number of nitrogens with zero attached hydrogens (tertiary/aromatic N) is 1. The molecule has 2 aromatic rings. The fraction of sp³-hybridized carbons (Fsp3) is 0.481. The van der Waals surface area contributed by atoms with Crippen molar-refractivity contribution >= 4 is 17.7 Å². The van der Waals surface area contributed by atoms with Crippen LogP contribution in [-0.4, -0.2) is 46.9 Å².